The summed E-state index contributed by atoms with van der Waals surface area (Å²) in [4.78, 5) is 11.2. The molecule has 19 heavy (non-hydrogen) atoms. The van der Waals surface area contributed by atoms with Crippen LogP contribution in [0.15, 0.2) is 48.5 Å². The molecule has 0 saturated heterocycles. The van der Waals surface area contributed by atoms with Crippen molar-refractivity contribution in [2.24, 2.45) is 0 Å². The summed E-state index contributed by atoms with van der Waals surface area (Å²) in [5, 5.41) is 0. The third-order valence-corrected chi connectivity index (χ3v) is 2.75. The molecule has 0 unspecified atom stereocenters. The number of methoxy groups -OCH3 is 2. The summed E-state index contributed by atoms with van der Waals surface area (Å²) < 4.78 is 11.6. The van der Waals surface area contributed by atoms with Crippen molar-refractivity contribution in [2.75, 3.05) is 14.2 Å². The number of nitrogens with zero attached hydrogens (tertiary/aromatic N) is 1. The van der Waals surface area contributed by atoms with Crippen molar-refractivity contribution < 1.29 is 14.3 Å². The smallest absolute Gasteiger partial charge is 0.437 e. The van der Waals surface area contributed by atoms with Gasteiger partial charge in [0.2, 0.25) is 11.4 Å². The first-order valence-electron chi connectivity index (χ1n) is 5.74. The molecule has 2 aromatic rings. The molecule has 0 amide bonds. The van der Waals surface area contributed by atoms with Gasteiger partial charge < -0.3 is 9.47 Å². The van der Waals surface area contributed by atoms with Gasteiger partial charge in [-0.25, -0.2) is 0 Å². The Kier molecular flexibility index (Phi) is 3.96. The number of rotatable bonds is 4. The van der Waals surface area contributed by atoms with Crippen LogP contribution in [0.4, 0.5) is 11.4 Å². The minimum atomic E-state index is 0.723. The van der Waals surface area contributed by atoms with Gasteiger partial charge in [0.05, 0.1) is 14.2 Å². The highest BCUT2D eigenvalue weighted by molar-refractivity contribution is 5.62. The van der Waals surface area contributed by atoms with Crippen LogP contribution in [0.3, 0.4) is 0 Å². The highest BCUT2D eigenvalue weighted by Crippen LogP contribution is 2.24. The normalized spacial score (nSPS) is 9.58. The van der Waals surface area contributed by atoms with Crippen LogP contribution in [0, 0.1) is 0 Å². The molecule has 0 spiro atoms. The molecule has 0 aliphatic heterocycles. The molecule has 0 bridgehead atoms. The molecule has 0 heterocycles. The predicted octanol–water partition coefficient (Wildman–Crippen LogP) is 2.87. The summed E-state index contributed by atoms with van der Waals surface area (Å²) in [5.41, 5.74) is 1.45. The van der Waals surface area contributed by atoms with Crippen LogP contribution in [0.2, 0.25) is 0 Å². The predicted molar refractivity (Wildman–Crippen MR) is 73.1 cm³/mol. The summed E-state index contributed by atoms with van der Waals surface area (Å²) in [6.07, 6.45) is 1.91. The number of benzene rings is 2. The molecule has 0 aliphatic rings. The molecule has 0 aromatic heterocycles. The Morgan fingerprint density at radius 2 is 1.16 bits per heavy atom. The number of hydrogen-bond donors (Lipinski definition) is 0. The van der Waals surface area contributed by atoms with Crippen LogP contribution in [0.1, 0.15) is 0 Å². The van der Waals surface area contributed by atoms with Crippen molar-refractivity contribution in [1.82, 2.24) is 4.58 Å². The van der Waals surface area contributed by atoms with Crippen molar-refractivity contribution in [3.8, 4) is 11.5 Å². The van der Waals surface area contributed by atoms with E-state index in [0.717, 1.165) is 22.9 Å². The molecule has 4 nitrogen and oxygen atoms in total. The summed E-state index contributed by atoms with van der Waals surface area (Å²) in [5.74, 6) is 1.48. The summed E-state index contributed by atoms with van der Waals surface area (Å²) >= 11 is 0. The molecule has 4 heteroatoms. The Balaban J connectivity index is 2.35. The average molecular weight is 256 g/mol. The van der Waals surface area contributed by atoms with Gasteiger partial charge in [0.25, 0.3) is 0 Å². The first-order valence-corrected chi connectivity index (χ1v) is 5.74. The van der Waals surface area contributed by atoms with Crippen molar-refractivity contribution in [2.45, 2.75) is 0 Å². The maximum Gasteiger partial charge on any atom is 0.437 e. The number of isocyanates is 1. The van der Waals surface area contributed by atoms with Crippen molar-refractivity contribution in [3.63, 3.8) is 0 Å². The third kappa shape index (κ3) is 2.81. The van der Waals surface area contributed by atoms with E-state index in [1.807, 2.05) is 6.08 Å². The van der Waals surface area contributed by atoms with E-state index < -0.39 is 0 Å². The Morgan fingerprint density at radius 3 is 1.42 bits per heavy atom. The quantitative estimate of drug-likeness (QED) is 0.479. The van der Waals surface area contributed by atoms with Crippen LogP contribution in [0.5, 0.6) is 11.5 Å². The molecule has 0 fully saturated rings. The molecule has 2 rings (SSSR count). The molecule has 2 aromatic carbocycles. The van der Waals surface area contributed by atoms with Crippen LogP contribution in [-0.4, -0.2) is 20.3 Å². The minimum absolute atomic E-state index is 0.723. The van der Waals surface area contributed by atoms with Gasteiger partial charge in [-0.05, 0) is 24.3 Å². The van der Waals surface area contributed by atoms with Crippen molar-refractivity contribution in [3.05, 3.63) is 48.5 Å². The molecule has 0 saturated carbocycles. The number of ether oxygens (including phenoxy) is 2. The maximum absolute atomic E-state index is 11.2. The Hall–Kier alpha value is -2.58. The topological polar surface area (TPSA) is 38.5 Å². The lowest BCUT2D eigenvalue weighted by atomic mass is 10.2. The Morgan fingerprint density at radius 1 is 0.789 bits per heavy atom. The highest BCUT2D eigenvalue weighted by Gasteiger charge is 2.14. The second-order valence-electron chi connectivity index (χ2n) is 3.82. The third-order valence-electron chi connectivity index (χ3n) is 2.75. The molecule has 0 aliphatic carbocycles. The van der Waals surface area contributed by atoms with E-state index in [0.29, 0.717) is 0 Å². The largest absolute Gasteiger partial charge is 0.497 e. The van der Waals surface area contributed by atoms with Gasteiger partial charge >= 0.3 is 6.08 Å². The first kappa shape index (κ1) is 12.9. The van der Waals surface area contributed by atoms with Gasteiger partial charge in [0.1, 0.15) is 11.5 Å². The van der Waals surface area contributed by atoms with E-state index in [2.05, 4.69) is 0 Å². The van der Waals surface area contributed by atoms with Gasteiger partial charge in [-0.3, -0.25) is 0 Å². The summed E-state index contributed by atoms with van der Waals surface area (Å²) in [6, 6.07) is 14.4. The van der Waals surface area contributed by atoms with E-state index in [9.17, 15) is 4.79 Å². The van der Waals surface area contributed by atoms with E-state index in [4.69, 9.17) is 9.47 Å². The van der Waals surface area contributed by atoms with Crippen LogP contribution < -0.4 is 14.0 Å². The zero-order chi connectivity index (χ0) is 13.7. The molecule has 0 atom stereocenters. The molecule has 96 valence electrons. The van der Waals surface area contributed by atoms with Crippen LogP contribution in [0.25, 0.3) is 0 Å². The zero-order valence-corrected chi connectivity index (χ0v) is 10.8. The fourth-order valence-corrected chi connectivity index (χ4v) is 1.72. The van der Waals surface area contributed by atoms with Crippen LogP contribution in [-0.2, 0) is 4.79 Å². The molecule has 0 radical (unpaired) electrons. The summed E-state index contributed by atoms with van der Waals surface area (Å²) in [7, 11) is 3.20. The second kappa shape index (κ2) is 5.85. The minimum Gasteiger partial charge on any atom is -0.497 e. The first-order chi connectivity index (χ1) is 9.28. The fraction of sp³-hybridized carbons (Fsp3) is 0.133. The Labute approximate surface area is 111 Å². The highest BCUT2D eigenvalue weighted by atomic mass is 16.5. The number of hydrogen-bond acceptors (Lipinski definition) is 3. The molecule has 0 N–H and O–H groups in total. The average Bonchev–Trinajstić information content (AvgIpc) is 2.49. The van der Waals surface area contributed by atoms with Crippen LogP contribution >= 0.6 is 0 Å². The lowest BCUT2D eigenvalue weighted by Crippen LogP contribution is -2.01. The van der Waals surface area contributed by atoms with Crippen molar-refractivity contribution in [1.29, 1.82) is 0 Å². The van der Waals surface area contributed by atoms with E-state index in [1.165, 1.54) is 4.58 Å². The summed E-state index contributed by atoms with van der Waals surface area (Å²) in [6.45, 7) is 0. The SMILES string of the molecule is COc1ccc([N+](=C=O)c2ccc(OC)cc2)cc1. The van der Waals surface area contributed by atoms with Gasteiger partial charge in [-0.1, -0.05) is 4.58 Å². The lowest BCUT2D eigenvalue weighted by Gasteiger charge is -2.01. The lowest BCUT2D eigenvalue weighted by molar-refractivity contribution is 0.414. The maximum atomic E-state index is 11.2. The van der Waals surface area contributed by atoms with Crippen molar-refractivity contribution >= 4 is 17.5 Å². The standard InChI is InChI=1S/C15H14NO3/c1-18-14-7-3-12(4-8-14)16(11-17)13-5-9-15(19-2)10-6-13/h3-10H,1-2H3/q+1. The van der Waals surface area contributed by atoms with E-state index in [1.54, 1.807) is 62.8 Å². The van der Waals surface area contributed by atoms with Gasteiger partial charge in [-0.2, -0.15) is 4.79 Å². The van der Waals surface area contributed by atoms with Gasteiger partial charge in [0, 0.05) is 24.3 Å². The molecular formula is C15H14NO3+. The van der Waals surface area contributed by atoms with E-state index >= 15 is 0 Å². The zero-order valence-electron chi connectivity index (χ0n) is 10.8. The van der Waals surface area contributed by atoms with Gasteiger partial charge in [0.15, 0.2) is 0 Å². The van der Waals surface area contributed by atoms with Gasteiger partial charge in [-0.15, -0.1) is 0 Å². The van der Waals surface area contributed by atoms with E-state index in [-0.39, 0.29) is 0 Å². The Bertz CT molecular complexity index is 547. The monoisotopic (exact) mass is 256 g/mol. The molecular weight excluding hydrogens is 242 g/mol. The fourth-order valence-electron chi connectivity index (χ4n) is 1.72. The number of carbonyl (C=O) groups excluding carboxylic acids is 1. The second-order valence-corrected chi connectivity index (χ2v) is 3.82.